The number of amides is 3. The van der Waals surface area contributed by atoms with Crippen molar-refractivity contribution < 1.29 is 24.0 Å². The molecule has 0 spiro atoms. The third kappa shape index (κ3) is 8.55. The van der Waals surface area contributed by atoms with Gasteiger partial charge in [0.1, 0.15) is 11.3 Å². The third-order valence-electron chi connectivity index (χ3n) is 5.87. The SMILES string of the molecule is [N-]=[N+]=Nc1ccc(C(=O)NCCNC(=O)c2ccc(OC(=O)N[C@@H]3CCCC/C=C/[C@H]3N)cc2)c([N+](=O)[O-])c1. The molecule has 0 radical (unpaired) electrons. The van der Waals surface area contributed by atoms with Crippen LogP contribution in [0.1, 0.15) is 46.4 Å². The number of carbonyl (C=O) groups is 3. The van der Waals surface area contributed by atoms with Gasteiger partial charge in [-0.25, -0.2) is 4.79 Å². The lowest BCUT2D eigenvalue weighted by Gasteiger charge is -2.24. The van der Waals surface area contributed by atoms with Crippen molar-refractivity contribution in [1.82, 2.24) is 16.0 Å². The lowest BCUT2D eigenvalue weighted by molar-refractivity contribution is -0.385. The topological polar surface area (TPSA) is 214 Å². The number of rotatable bonds is 9. The summed E-state index contributed by atoms with van der Waals surface area (Å²) in [5, 5.41) is 22.4. The second-order valence-electron chi connectivity index (χ2n) is 8.61. The summed E-state index contributed by atoms with van der Waals surface area (Å²) < 4.78 is 5.31. The smallest absolute Gasteiger partial charge is 0.410 e. The molecule has 0 saturated carbocycles. The van der Waals surface area contributed by atoms with Crippen LogP contribution in [0.2, 0.25) is 0 Å². The lowest BCUT2D eigenvalue weighted by Crippen LogP contribution is -2.47. The Balaban J connectivity index is 1.46. The van der Waals surface area contributed by atoms with Crippen LogP contribution in [0.3, 0.4) is 0 Å². The van der Waals surface area contributed by atoms with Crippen LogP contribution in [0, 0.1) is 10.1 Å². The summed E-state index contributed by atoms with van der Waals surface area (Å²) in [7, 11) is 0. The first-order valence-corrected chi connectivity index (χ1v) is 12.2. The molecule has 3 amide bonds. The second kappa shape index (κ2) is 14.1. The van der Waals surface area contributed by atoms with E-state index < -0.39 is 28.5 Å². The van der Waals surface area contributed by atoms with Gasteiger partial charge in [0.05, 0.1) is 11.0 Å². The zero-order chi connectivity index (χ0) is 28.2. The monoisotopic (exact) mass is 536 g/mol. The summed E-state index contributed by atoms with van der Waals surface area (Å²) in [6.45, 7) is 0.0472. The van der Waals surface area contributed by atoms with Crippen LogP contribution in [-0.2, 0) is 0 Å². The number of nitro benzene ring substituents is 1. The molecule has 1 aliphatic carbocycles. The Hall–Kier alpha value is -4.94. The maximum atomic E-state index is 12.4. The van der Waals surface area contributed by atoms with E-state index in [0.29, 0.717) is 5.56 Å². The summed E-state index contributed by atoms with van der Waals surface area (Å²) in [5.74, 6) is -0.906. The van der Waals surface area contributed by atoms with E-state index in [9.17, 15) is 24.5 Å². The molecule has 2 aromatic rings. The number of benzene rings is 2. The molecule has 0 unspecified atom stereocenters. The Bertz CT molecular complexity index is 1290. The van der Waals surface area contributed by atoms with Gasteiger partial charge in [0.25, 0.3) is 17.5 Å². The average molecular weight is 537 g/mol. The van der Waals surface area contributed by atoms with Crippen LogP contribution in [0.5, 0.6) is 5.75 Å². The van der Waals surface area contributed by atoms with Crippen LogP contribution >= 0.6 is 0 Å². The van der Waals surface area contributed by atoms with Crippen molar-refractivity contribution in [3.05, 3.63) is 86.3 Å². The van der Waals surface area contributed by atoms with Gasteiger partial charge in [-0.15, -0.1) is 0 Å². The quantitative estimate of drug-likeness (QED) is 0.0709. The molecule has 39 heavy (non-hydrogen) atoms. The van der Waals surface area contributed by atoms with E-state index in [1.807, 2.05) is 12.2 Å². The highest BCUT2D eigenvalue weighted by atomic mass is 16.6. The average Bonchev–Trinajstić information content (AvgIpc) is 2.91. The molecule has 5 N–H and O–H groups in total. The molecule has 14 heteroatoms. The number of hydrogen-bond acceptors (Lipinski definition) is 8. The van der Waals surface area contributed by atoms with E-state index in [2.05, 4.69) is 26.0 Å². The van der Waals surface area contributed by atoms with Crippen LogP contribution in [-0.4, -0.2) is 48.0 Å². The molecule has 0 aromatic heterocycles. The van der Waals surface area contributed by atoms with Gasteiger partial charge in [-0.3, -0.25) is 19.7 Å². The molecule has 0 fully saturated rings. The first-order valence-electron chi connectivity index (χ1n) is 12.2. The summed E-state index contributed by atoms with van der Waals surface area (Å²) >= 11 is 0. The van der Waals surface area contributed by atoms with Crippen molar-refractivity contribution in [3.8, 4) is 5.75 Å². The Labute approximate surface area is 223 Å². The Morgan fingerprint density at radius 3 is 2.51 bits per heavy atom. The van der Waals surface area contributed by atoms with E-state index in [4.69, 9.17) is 16.0 Å². The van der Waals surface area contributed by atoms with Gasteiger partial charge in [0.2, 0.25) is 0 Å². The normalized spacial score (nSPS) is 17.4. The number of hydrogen-bond donors (Lipinski definition) is 4. The van der Waals surface area contributed by atoms with Gasteiger partial charge in [0.15, 0.2) is 0 Å². The predicted octanol–water partition coefficient (Wildman–Crippen LogP) is 3.61. The van der Waals surface area contributed by atoms with Crippen molar-refractivity contribution in [2.24, 2.45) is 10.8 Å². The van der Waals surface area contributed by atoms with Gasteiger partial charge < -0.3 is 26.4 Å². The fourth-order valence-corrected chi connectivity index (χ4v) is 3.86. The molecule has 0 heterocycles. The molecule has 0 bridgehead atoms. The fourth-order valence-electron chi connectivity index (χ4n) is 3.86. The number of nitrogens with one attached hydrogen (secondary N) is 3. The highest BCUT2D eigenvalue weighted by Crippen LogP contribution is 2.25. The first-order chi connectivity index (χ1) is 18.8. The van der Waals surface area contributed by atoms with Gasteiger partial charge in [-0.1, -0.05) is 29.8 Å². The minimum Gasteiger partial charge on any atom is -0.410 e. The maximum absolute atomic E-state index is 12.4. The zero-order valence-electron chi connectivity index (χ0n) is 20.9. The Morgan fingerprint density at radius 1 is 1.10 bits per heavy atom. The minimum atomic E-state index is -0.755. The number of nitrogens with zero attached hydrogens (tertiary/aromatic N) is 4. The van der Waals surface area contributed by atoms with Gasteiger partial charge in [-0.05, 0) is 55.1 Å². The molecule has 204 valence electrons. The molecule has 14 nitrogen and oxygen atoms in total. The highest BCUT2D eigenvalue weighted by molar-refractivity contribution is 5.98. The summed E-state index contributed by atoms with van der Waals surface area (Å²) in [6, 6.07) is 8.86. The number of carbonyl (C=O) groups excluding carboxylic acids is 3. The molecule has 1 aliphatic rings. The lowest BCUT2D eigenvalue weighted by atomic mass is 9.98. The van der Waals surface area contributed by atoms with Crippen molar-refractivity contribution >= 4 is 29.3 Å². The number of nitro groups is 1. The van der Waals surface area contributed by atoms with Crippen molar-refractivity contribution in [3.63, 3.8) is 0 Å². The van der Waals surface area contributed by atoms with E-state index in [1.54, 1.807) is 0 Å². The molecular formula is C25H28N8O6. The maximum Gasteiger partial charge on any atom is 0.412 e. The Morgan fingerprint density at radius 2 is 1.82 bits per heavy atom. The molecule has 2 atom stereocenters. The van der Waals surface area contributed by atoms with Gasteiger partial charge in [-0.2, -0.15) is 0 Å². The van der Waals surface area contributed by atoms with Crippen LogP contribution in [0.15, 0.2) is 59.7 Å². The largest absolute Gasteiger partial charge is 0.412 e. The number of ether oxygens (including phenoxy) is 1. The Kier molecular flexibility index (Phi) is 10.4. The van der Waals surface area contributed by atoms with Gasteiger partial charge >= 0.3 is 6.09 Å². The number of allylic oxidation sites excluding steroid dienone is 1. The molecule has 0 aliphatic heterocycles. The molecular weight excluding hydrogens is 508 g/mol. The predicted molar refractivity (Wildman–Crippen MR) is 142 cm³/mol. The van der Waals surface area contributed by atoms with Crippen LogP contribution < -0.4 is 26.4 Å². The molecule has 2 aromatic carbocycles. The van der Waals surface area contributed by atoms with Gasteiger partial charge in [0, 0.05) is 41.4 Å². The zero-order valence-corrected chi connectivity index (χ0v) is 20.9. The fraction of sp³-hybridized carbons (Fsp3) is 0.320. The first kappa shape index (κ1) is 28.6. The standard InChI is InChI=1S/C25H28N8O6/c26-20-5-3-1-2-4-6-21(20)30-25(36)39-18-10-7-16(8-11-18)23(34)28-13-14-29-24(35)19-12-9-17(31-32-27)15-22(19)33(37)38/h3,5,7-12,15,20-21H,1-2,4,6,13-14,26H2,(H,28,34)(H,29,35)(H,30,36)/b5-3+/t20-,21-/m1/s1. The van der Waals surface area contributed by atoms with Crippen LogP contribution in [0.4, 0.5) is 16.2 Å². The summed E-state index contributed by atoms with van der Waals surface area (Å²) in [6.07, 6.45) is 6.97. The van der Waals surface area contributed by atoms with Crippen molar-refractivity contribution in [2.45, 2.75) is 37.8 Å². The van der Waals surface area contributed by atoms with E-state index >= 15 is 0 Å². The molecule has 3 rings (SSSR count). The van der Waals surface area contributed by atoms with E-state index in [0.717, 1.165) is 31.7 Å². The highest BCUT2D eigenvalue weighted by Gasteiger charge is 2.21. The summed E-state index contributed by atoms with van der Waals surface area (Å²) in [4.78, 5) is 50.1. The second-order valence-corrected chi connectivity index (χ2v) is 8.61. The number of azide groups is 1. The van der Waals surface area contributed by atoms with E-state index in [1.165, 1.54) is 36.4 Å². The van der Waals surface area contributed by atoms with Crippen molar-refractivity contribution in [2.75, 3.05) is 13.1 Å². The minimum absolute atomic E-state index is 0.000312. The number of nitrogens with two attached hydrogens (primary N) is 1. The van der Waals surface area contributed by atoms with Crippen molar-refractivity contribution in [1.29, 1.82) is 0 Å². The van der Waals surface area contributed by atoms with Crippen LogP contribution in [0.25, 0.3) is 10.4 Å². The summed E-state index contributed by atoms with van der Waals surface area (Å²) in [5.41, 5.74) is 14.2. The molecule has 0 saturated heterocycles. The third-order valence-corrected chi connectivity index (χ3v) is 5.87. The van der Waals surface area contributed by atoms with E-state index in [-0.39, 0.29) is 42.2 Å².